The number of carbonyl (C=O) groups is 1. The van der Waals surface area contributed by atoms with Gasteiger partial charge in [0.25, 0.3) is 0 Å². The second kappa shape index (κ2) is 8.38. The summed E-state index contributed by atoms with van der Waals surface area (Å²) in [4.78, 5) is 25.6. The first-order chi connectivity index (χ1) is 21.5. The van der Waals surface area contributed by atoms with Crippen LogP contribution in [0.15, 0.2) is 42.9 Å². The van der Waals surface area contributed by atoms with Crippen LogP contribution in [-0.2, 0) is 4.79 Å². The number of nitrogens with zero attached hydrogens (tertiary/aromatic N) is 6. The number of benzene rings is 1. The second-order valence-electron chi connectivity index (χ2n) is 6.51. The lowest BCUT2D eigenvalue weighted by Crippen LogP contribution is -2.55. The fraction of sp³-hybridized carbons (Fsp3) is 0.364. The van der Waals surface area contributed by atoms with E-state index < -0.39 is 81.4 Å². The number of halogens is 3. The van der Waals surface area contributed by atoms with Gasteiger partial charge in [0.05, 0.1) is 7.57 Å². The fourth-order valence-corrected chi connectivity index (χ4v) is 3.15. The van der Waals surface area contributed by atoms with Crippen molar-refractivity contribution >= 4 is 17.4 Å². The quantitative estimate of drug-likeness (QED) is 0.551. The Kier molecular flexibility index (Phi) is 2.67. The topological polar surface area (TPSA) is 76.4 Å². The van der Waals surface area contributed by atoms with Crippen molar-refractivity contribution in [3.8, 4) is 23.1 Å². The molecule has 0 spiro atoms. The zero-order chi connectivity index (χ0) is 36.6. The number of rotatable bonds is 5. The Morgan fingerprint density at radius 1 is 1.33 bits per heavy atom. The molecule has 1 atom stereocenters. The van der Waals surface area contributed by atoms with Gasteiger partial charge in [0.15, 0.2) is 5.82 Å². The van der Waals surface area contributed by atoms with Crippen molar-refractivity contribution in [3.05, 3.63) is 42.9 Å². The average Bonchev–Trinajstić information content (AvgIpc) is 3.38. The van der Waals surface area contributed by atoms with E-state index in [4.69, 9.17) is 20.6 Å². The summed E-state index contributed by atoms with van der Waals surface area (Å²) in [5.41, 5.74) is -0.982. The van der Waals surface area contributed by atoms with Crippen LogP contribution in [0.4, 0.5) is 24.7 Å². The minimum absolute atomic E-state index is 0.0457. The van der Waals surface area contributed by atoms with Gasteiger partial charge in [-0.2, -0.15) is 4.98 Å². The summed E-state index contributed by atoms with van der Waals surface area (Å²) in [6, 6.07) is -2.80. The number of fused-ring (bicyclic) bond motifs is 1. The molecule has 0 saturated heterocycles. The summed E-state index contributed by atoms with van der Waals surface area (Å²) in [7, 11) is 0. The highest BCUT2D eigenvalue weighted by atomic mass is 19.4. The smallest absolute Gasteiger partial charge is 0.406 e. The van der Waals surface area contributed by atoms with Gasteiger partial charge in [-0.05, 0) is 32.2 Å². The van der Waals surface area contributed by atoms with E-state index in [0.717, 1.165) is 29.1 Å². The van der Waals surface area contributed by atoms with Crippen molar-refractivity contribution < 1.29 is 43.3 Å². The van der Waals surface area contributed by atoms with Crippen LogP contribution in [0.1, 0.15) is 47.5 Å². The van der Waals surface area contributed by atoms with Crippen LogP contribution in [0.5, 0.6) is 5.75 Å². The molecule has 33 heavy (non-hydrogen) atoms. The second-order valence-corrected chi connectivity index (χ2v) is 6.51. The summed E-state index contributed by atoms with van der Waals surface area (Å²) in [5, 5.41) is 0. The minimum Gasteiger partial charge on any atom is -0.406 e. The van der Waals surface area contributed by atoms with Crippen LogP contribution < -0.4 is 14.5 Å². The molecule has 0 bridgehead atoms. The Hall–Kier alpha value is -3.63. The molecule has 0 radical (unpaired) electrons. The van der Waals surface area contributed by atoms with Gasteiger partial charge in [-0.3, -0.25) is 9.36 Å². The number of aromatic nitrogens is 4. The lowest BCUT2D eigenvalue weighted by atomic mass is 10.1. The van der Waals surface area contributed by atoms with Crippen molar-refractivity contribution in [2.45, 2.75) is 45.4 Å². The van der Waals surface area contributed by atoms with Gasteiger partial charge in [0, 0.05) is 50.1 Å². The molecule has 1 unspecified atom stereocenters. The van der Waals surface area contributed by atoms with Crippen molar-refractivity contribution in [2.24, 2.45) is 0 Å². The maximum Gasteiger partial charge on any atom is 0.573 e. The molecule has 3 heterocycles. The molecule has 1 amide bonds. The predicted octanol–water partition coefficient (Wildman–Crippen LogP) is 4.20. The number of carbonyl (C=O) groups excluding carboxylic acids is 1. The van der Waals surface area contributed by atoms with E-state index in [1.165, 1.54) is 12.1 Å². The van der Waals surface area contributed by atoms with Crippen LogP contribution in [-0.4, -0.2) is 50.8 Å². The van der Waals surface area contributed by atoms with Crippen LogP contribution >= 0.6 is 0 Å². The Morgan fingerprint density at radius 2 is 2.18 bits per heavy atom. The van der Waals surface area contributed by atoms with Crippen LogP contribution in [0, 0.1) is 0 Å². The summed E-state index contributed by atoms with van der Waals surface area (Å²) in [5.74, 6) is -4.57. The SMILES string of the molecule is [2H]C([2H])([2H])N1C(=O)C(C([2H])([2H])C([2H])([2H])[2H])N(C([2H])(C([2H])([2H])[2H])C([2H])([2H])[2H])c2nc(-n3ccnc3-c3cccc(OC(F)(F)F)c3)ncc21. The third-order valence-electron chi connectivity index (χ3n) is 4.48. The summed E-state index contributed by atoms with van der Waals surface area (Å²) in [6.45, 7) is -15.4. The van der Waals surface area contributed by atoms with Gasteiger partial charge in [-0.1, -0.05) is 19.0 Å². The third-order valence-corrected chi connectivity index (χ3v) is 4.48. The van der Waals surface area contributed by atoms with E-state index in [1.807, 2.05) is 0 Å². The first-order valence-corrected chi connectivity index (χ1v) is 8.94. The summed E-state index contributed by atoms with van der Waals surface area (Å²) in [6.07, 6.45) is -6.12. The highest BCUT2D eigenvalue weighted by molar-refractivity contribution is 6.04. The molecule has 1 aromatic carbocycles. The largest absolute Gasteiger partial charge is 0.573 e. The minimum atomic E-state index is -5.06. The average molecular weight is 476 g/mol. The van der Waals surface area contributed by atoms with E-state index in [0.29, 0.717) is 6.20 Å². The van der Waals surface area contributed by atoms with Crippen molar-refractivity contribution in [1.29, 1.82) is 0 Å². The Balaban J connectivity index is 2.09. The predicted molar refractivity (Wildman–Crippen MR) is 116 cm³/mol. The van der Waals surface area contributed by atoms with E-state index in [-0.39, 0.29) is 21.2 Å². The van der Waals surface area contributed by atoms with Gasteiger partial charge in [-0.15, -0.1) is 13.2 Å². The van der Waals surface area contributed by atoms with Gasteiger partial charge < -0.3 is 14.5 Å². The maximum absolute atomic E-state index is 13.8. The number of imidazole rings is 1. The number of ether oxygens (including phenoxy) is 1. The maximum atomic E-state index is 13.8. The molecule has 3 aromatic rings. The first kappa shape index (κ1) is 10.5. The fourth-order valence-electron chi connectivity index (χ4n) is 3.15. The summed E-state index contributed by atoms with van der Waals surface area (Å²) < 4.78 is 164. The van der Waals surface area contributed by atoms with Crippen molar-refractivity contribution in [1.82, 2.24) is 19.5 Å². The molecule has 1 aliphatic heterocycles. The van der Waals surface area contributed by atoms with E-state index in [1.54, 1.807) is 0 Å². The number of alkyl halides is 3. The molecule has 174 valence electrons. The number of hydrogen-bond donors (Lipinski definition) is 0. The monoisotopic (exact) mass is 475 g/mol. The molecule has 0 N–H and O–H groups in total. The molecular formula is C22H23F3N6O2. The molecule has 0 saturated carbocycles. The molecular weight excluding hydrogens is 437 g/mol. The van der Waals surface area contributed by atoms with E-state index in [9.17, 15) is 18.0 Å². The van der Waals surface area contributed by atoms with Gasteiger partial charge >= 0.3 is 6.36 Å². The van der Waals surface area contributed by atoms with Gasteiger partial charge in [0.2, 0.25) is 11.9 Å². The Labute approximate surface area is 209 Å². The lowest BCUT2D eigenvalue weighted by Gasteiger charge is -2.42. The van der Waals surface area contributed by atoms with Crippen LogP contribution in [0.3, 0.4) is 0 Å². The van der Waals surface area contributed by atoms with E-state index >= 15 is 0 Å². The highest BCUT2D eigenvalue weighted by Crippen LogP contribution is 2.36. The number of anilines is 2. The standard InChI is InChI=1S/C22H23F3N6O2/c1-5-16-20(32)29(4)17-12-27-21(28-19(17)31(16)13(2)3)30-10-9-26-18(30)14-7-6-8-15(11-14)33-22(23,24)25/h6-13,16H,5H2,1-4H3/i1D3,2D3,3D3,4D3,5D2,13D. The molecule has 0 fully saturated rings. The Bertz CT molecular complexity index is 1690. The molecule has 4 rings (SSSR count). The highest BCUT2D eigenvalue weighted by Gasteiger charge is 2.38. The zero-order valence-corrected chi connectivity index (χ0v) is 16.3. The summed E-state index contributed by atoms with van der Waals surface area (Å²) >= 11 is 0. The van der Waals surface area contributed by atoms with Crippen molar-refractivity contribution in [3.63, 3.8) is 0 Å². The van der Waals surface area contributed by atoms with E-state index in [2.05, 4.69) is 19.7 Å². The third kappa shape index (κ3) is 4.22. The number of amides is 1. The van der Waals surface area contributed by atoms with Gasteiger partial charge in [-0.25, -0.2) is 9.97 Å². The molecule has 0 aliphatic carbocycles. The lowest BCUT2D eigenvalue weighted by molar-refractivity contribution is -0.274. The molecule has 1 aliphatic rings. The van der Waals surface area contributed by atoms with Gasteiger partial charge in [0.1, 0.15) is 23.3 Å². The normalized spacial score (nSPS) is 25.4. The number of hydrogen-bond acceptors (Lipinski definition) is 6. The van der Waals surface area contributed by atoms with Crippen molar-refractivity contribution in [2.75, 3.05) is 16.8 Å². The Morgan fingerprint density at radius 3 is 2.91 bits per heavy atom. The number of likely N-dealkylation sites (N-methyl/N-ethyl adjacent to an activating group) is 1. The molecule has 8 nitrogen and oxygen atoms in total. The van der Waals surface area contributed by atoms with Crippen LogP contribution in [0.25, 0.3) is 17.3 Å². The molecule has 11 heteroatoms. The zero-order valence-electron chi connectivity index (χ0n) is 31.3. The first-order valence-electron chi connectivity index (χ1n) is 16.4. The molecule has 2 aromatic heterocycles. The van der Waals surface area contributed by atoms with Crippen LogP contribution in [0.2, 0.25) is 0 Å².